The summed E-state index contributed by atoms with van der Waals surface area (Å²) < 4.78 is 5.48. The average Bonchev–Trinajstić information content (AvgIpc) is 2.38. The van der Waals surface area contributed by atoms with E-state index in [4.69, 9.17) is 10.5 Å². The second-order valence-electron chi connectivity index (χ2n) is 6.57. The van der Waals surface area contributed by atoms with Gasteiger partial charge in [-0.2, -0.15) is 0 Å². The van der Waals surface area contributed by atoms with E-state index in [0.717, 1.165) is 18.1 Å². The molecule has 1 fully saturated rings. The van der Waals surface area contributed by atoms with Crippen LogP contribution in [-0.4, -0.2) is 12.6 Å². The highest BCUT2D eigenvalue weighted by Gasteiger charge is 2.19. The first-order valence-corrected chi connectivity index (χ1v) is 7.45. The fourth-order valence-corrected chi connectivity index (χ4v) is 3.12. The summed E-state index contributed by atoms with van der Waals surface area (Å²) in [7, 11) is 1.74. The summed E-state index contributed by atoms with van der Waals surface area (Å²) in [5.74, 6) is 1.71. The van der Waals surface area contributed by atoms with E-state index in [9.17, 15) is 0 Å². The van der Waals surface area contributed by atoms with Gasteiger partial charge in [0.1, 0.15) is 5.75 Å². The van der Waals surface area contributed by atoms with Gasteiger partial charge in [-0.05, 0) is 56.2 Å². The Bertz CT molecular complexity index is 414. The van der Waals surface area contributed by atoms with Crippen LogP contribution in [0.4, 0.5) is 0 Å². The SMILES string of the molecule is COc1ccc(C2CCCCC2)cc1CC(C)(C)N. The molecular formula is C17H27NO. The van der Waals surface area contributed by atoms with Crippen LogP contribution in [0.25, 0.3) is 0 Å². The normalized spacial score (nSPS) is 17.5. The zero-order valence-corrected chi connectivity index (χ0v) is 12.5. The van der Waals surface area contributed by atoms with Gasteiger partial charge in [-0.1, -0.05) is 31.4 Å². The molecule has 1 aliphatic carbocycles. The Hall–Kier alpha value is -1.02. The fourth-order valence-electron chi connectivity index (χ4n) is 3.12. The predicted molar refractivity (Wildman–Crippen MR) is 80.8 cm³/mol. The molecule has 0 aromatic heterocycles. The zero-order valence-electron chi connectivity index (χ0n) is 12.5. The van der Waals surface area contributed by atoms with Crippen molar-refractivity contribution < 1.29 is 4.74 Å². The Labute approximate surface area is 117 Å². The minimum Gasteiger partial charge on any atom is -0.496 e. The van der Waals surface area contributed by atoms with Gasteiger partial charge in [0, 0.05) is 5.54 Å². The van der Waals surface area contributed by atoms with E-state index in [1.807, 2.05) is 0 Å². The van der Waals surface area contributed by atoms with Crippen LogP contribution in [0, 0.1) is 0 Å². The highest BCUT2D eigenvalue weighted by Crippen LogP contribution is 2.35. The molecular weight excluding hydrogens is 234 g/mol. The zero-order chi connectivity index (χ0) is 13.9. The van der Waals surface area contributed by atoms with Crippen LogP contribution in [0.1, 0.15) is 63.0 Å². The number of hydrogen-bond acceptors (Lipinski definition) is 2. The molecule has 1 aliphatic rings. The molecule has 0 spiro atoms. The lowest BCUT2D eigenvalue weighted by Crippen LogP contribution is -2.34. The van der Waals surface area contributed by atoms with Crippen molar-refractivity contribution in [1.29, 1.82) is 0 Å². The number of ether oxygens (including phenoxy) is 1. The maximum absolute atomic E-state index is 6.16. The molecule has 0 amide bonds. The van der Waals surface area contributed by atoms with Crippen molar-refractivity contribution in [1.82, 2.24) is 0 Å². The summed E-state index contributed by atoms with van der Waals surface area (Å²) in [6, 6.07) is 6.68. The fraction of sp³-hybridized carbons (Fsp3) is 0.647. The van der Waals surface area contributed by atoms with E-state index >= 15 is 0 Å². The minimum absolute atomic E-state index is 0.196. The summed E-state index contributed by atoms with van der Waals surface area (Å²) >= 11 is 0. The lowest BCUT2D eigenvalue weighted by Gasteiger charge is -2.25. The quantitative estimate of drug-likeness (QED) is 0.888. The third-order valence-corrected chi connectivity index (χ3v) is 4.03. The monoisotopic (exact) mass is 261 g/mol. The van der Waals surface area contributed by atoms with Crippen LogP contribution in [0.2, 0.25) is 0 Å². The summed E-state index contributed by atoms with van der Waals surface area (Å²) in [5, 5.41) is 0. The maximum Gasteiger partial charge on any atom is 0.122 e. The molecule has 0 saturated heterocycles. The molecule has 0 radical (unpaired) electrons. The summed E-state index contributed by atoms with van der Waals surface area (Å²) in [5.41, 5.74) is 8.69. The van der Waals surface area contributed by atoms with Crippen molar-refractivity contribution in [3.63, 3.8) is 0 Å². The molecule has 2 N–H and O–H groups in total. The molecule has 1 aromatic rings. The van der Waals surface area contributed by atoms with Crippen LogP contribution in [-0.2, 0) is 6.42 Å². The van der Waals surface area contributed by atoms with Gasteiger partial charge in [0.05, 0.1) is 7.11 Å². The third-order valence-electron chi connectivity index (χ3n) is 4.03. The third kappa shape index (κ3) is 3.97. The number of benzene rings is 1. The molecule has 106 valence electrons. The molecule has 0 bridgehead atoms. The number of hydrogen-bond donors (Lipinski definition) is 1. The van der Waals surface area contributed by atoms with E-state index in [0.29, 0.717) is 0 Å². The Morgan fingerprint density at radius 1 is 1.21 bits per heavy atom. The van der Waals surface area contributed by atoms with Gasteiger partial charge >= 0.3 is 0 Å². The summed E-state index contributed by atoms with van der Waals surface area (Å²) in [6.45, 7) is 4.14. The molecule has 0 aliphatic heterocycles. The van der Waals surface area contributed by atoms with Crippen LogP contribution >= 0.6 is 0 Å². The molecule has 1 aromatic carbocycles. The first kappa shape index (κ1) is 14.4. The predicted octanol–water partition coefficient (Wildman–Crippen LogP) is 4.02. The molecule has 0 atom stereocenters. The van der Waals surface area contributed by atoms with Gasteiger partial charge in [0.25, 0.3) is 0 Å². The molecule has 19 heavy (non-hydrogen) atoms. The van der Waals surface area contributed by atoms with Gasteiger partial charge in [-0.25, -0.2) is 0 Å². The summed E-state index contributed by atoms with van der Waals surface area (Å²) in [6.07, 6.45) is 7.66. The molecule has 2 rings (SSSR count). The van der Waals surface area contributed by atoms with E-state index in [1.165, 1.54) is 43.2 Å². The minimum atomic E-state index is -0.196. The van der Waals surface area contributed by atoms with Crippen LogP contribution in [0.15, 0.2) is 18.2 Å². The Kier molecular flexibility index (Phi) is 4.51. The second kappa shape index (κ2) is 5.96. The van der Waals surface area contributed by atoms with E-state index in [-0.39, 0.29) is 5.54 Å². The first-order valence-electron chi connectivity index (χ1n) is 7.45. The Morgan fingerprint density at radius 3 is 2.47 bits per heavy atom. The van der Waals surface area contributed by atoms with Crippen LogP contribution in [0.5, 0.6) is 5.75 Å². The van der Waals surface area contributed by atoms with Gasteiger partial charge in [-0.3, -0.25) is 0 Å². The highest BCUT2D eigenvalue weighted by atomic mass is 16.5. The molecule has 1 saturated carbocycles. The second-order valence-corrected chi connectivity index (χ2v) is 6.57. The van der Waals surface area contributed by atoms with Gasteiger partial charge in [0.15, 0.2) is 0 Å². The van der Waals surface area contributed by atoms with Gasteiger partial charge in [-0.15, -0.1) is 0 Å². The van der Waals surface area contributed by atoms with Crippen LogP contribution in [0.3, 0.4) is 0 Å². The van der Waals surface area contributed by atoms with Crippen molar-refractivity contribution in [2.24, 2.45) is 5.73 Å². The van der Waals surface area contributed by atoms with E-state index in [1.54, 1.807) is 7.11 Å². The smallest absolute Gasteiger partial charge is 0.122 e. The largest absolute Gasteiger partial charge is 0.496 e. The van der Waals surface area contributed by atoms with E-state index in [2.05, 4.69) is 32.0 Å². The average molecular weight is 261 g/mol. The van der Waals surface area contributed by atoms with Gasteiger partial charge in [0.2, 0.25) is 0 Å². The highest BCUT2D eigenvalue weighted by molar-refractivity contribution is 5.39. The van der Waals surface area contributed by atoms with Gasteiger partial charge < -0.3 is 10.5 Å². The molecule has 2 heteroatoms. The topological polar surface area (TPSA) is 35.2 Å². The Balaban J connectivity index is 2.24. The lowest BCUT2D eigenvalue weighted by molar-refractivity contribution is 0.400. The van der Waals surface area contributed by atoms with Crippen molar-refractivity contribution in [2.75, 3.05) is 7.11 Å². The van der Waals surface area contributed by atoms with Crippen molar-refractivity contribution >= 4 is 0 Å². The van der Waals surface area contributed by atoms with E-state index < -0.39 is 0 Å². The lowest BCUT2D eigenvalue weighted by atomic mass is 9.82. The molecule has 0 heterocycles. The Morgan fingerprint density at radius 2 is 1.89 bits per heavy atom. The maximum atomic E-state index is 6.16. The first-order chi connectivity index (χ1) is 8.99. The van der Waals surface area contributed by atoms with Crippen LogP contribution < -0.4 is 10.5 Å². The standard InChI is InChI=1S/C17H27NO/c1-17(2,18)12-15-11-14(9-10-16(15)19-3)13-7-5-4-6-8-13/h9-11,13H,4-8,12,18H2,1-3H3. The van der Waals surface area contributed by atoms with Crippen molar-refractivity contribution in [2.45, 2.75) is 63.8 Å². The summed E-state index contributed by atoms with van der Waals surface area (Å²) in [4.78, 5) is 0. The molecule has 2 nitrogen and oxygen atoms in total. The molecule has 0 unspecified atom stereocenters. The van der Waals surface area contributed by atoms with Crippen molar-refractivity contribution in [3.05, 3.63) is 29.3 Å². The number of rotatable bonds is 4. The number of methoxy groups -OCH3 is 1. The number of nitrogens with two attached hydrogens (primary N) is 1. The van der Waals surface area contributed by atoms with Crippen molar-refractivity contribution in [3.8, 4) is 5.75 Å².